The highest BCUT2D eigenvalue weighted by Gasteiger charge is 2.19. The molecule has 5 nitrogen and oxygen atoms in total. The van der Waals surface area contributed by atoms with Crippen LogP contribution in [0, 0.1) is 0 Å². The Hall–Kier alpha value is -1.62. The third kappa shape index (κ3) is 2.20. The fourth-order valence-electron chi connectivity index (χ4n) is 1.09. The normalized spacial score (nSPS) is 15.7. The van der Waals surface area contributed by atoms with Crippen molar-refractivity contribution in [3.8, 4) is 5.88 Å². The van der Waals surface area contributed by atoms with Gasteiger partial charge in [-0.3, -0.25) is 0 Å². The maximum Gasteiger partial charge on any atom is 0.414 e. The van der Waals surface area contributed by atoms with Gasteiger partial charge in [-0.1, -0.05) is 6.07 Å². The van der Waals surface area contributed by atoms with Gasteiger partial charge in [0, 0.05) is 25.4 Å². The molecule has 0 unspecified atom stereocenters. The van der Waals surface area contributed by atoms with Crippen molar-refractivity contribution >= 4 is 6.09 Å². The summed E-state index contributed by atoms with van der Waals surface area (Å²) >= 11 is 0. The smallest absolute Gasteiger partial charge is 0.391 e. The highest BCUT2D eigenvalue weighted by molar-refractivity contribution is 5.70. The van der Waals surface area contributed by atoms with Crippen LogP contribution in [0.4, 0.5) is 4.79 Å². The summed E-state index contributed by atoms with van der Waals surface area (Å²) in [7, 11) is 0. The Morgan fingerprint density at radius 2 is 2.43 bits per heavy atom. The van der Waals surface area contributed by atoms with Gasteiger partial charge in [0.15, 0.2) is 0 Å². The third-order valence-electron chi connectivity index (χ3n) is 1.94. The first-order valence-electron chi connectivity index (χ1n) is 4.45. The Kier molecular flexibility index (Phi) is 2.60. The van der Waals surface area contributed by atoms with Crippen molar-refractivity contribution in [3.63, 3.8) is 0 Å². The van der Waals surface area contributed by atoms with Crippen molar-refractivity contribution in [2.45, 2.75) is 6.04 Å². The molecule has 2 rings (SSSR count). The molecule has 1 fully saturated rings. The van der Waals surface area contributed by atoms with Gasteiger partial charge in [-0.2, -0.15) is 0 Å². The van der Waals surface area contributed by atoms with Crippen LogP contribution in [0.25, 0.3) is 0 Å². The number of nitrogens with one attached hydrogen (secondary N) is 2. The molecule has 0 aromatic carbocycles. The maximum atomic E-state index is 11.2. The van der Waals surface area contributed by atoms with Crippen molar-refractivity contribution in [1.82, 2.24) is 15.6 Å². The maximum absolute atomic E-state index is 11.2. The lowest BCUT2D eigenvalue weighted by Crippen LogP contribution is -2.57. The standard InChI is InChI=1S/C9H11N3O2/c13-9(12-7-5-10-6-7)14-8-3-1-2-4-11-8/h1-4,7,10H,5-6H2,(H,12,13). The molecule has 74 valence electrons. The number of carbonyl (C=O) groups excluding carboxylic acids is 1. The number of aromatic nitrogens is 1. The van der Waals surface area contributed by atoms with E-state index >= 15 is 0 Å². The van der Waals surface area contributed by atoms with Crippen LogP contribution in [0.2, 0.25) is 0 Å². The monoisotopic (exact) mass is 193 g/mol. The summed E-state index contributed by atoms with van der Waals surface area (Å²) in [4.78, 5) is 15.1. The Morgan fingerprint density at radius 3 is 3.00 bits per heavy atom. The minimum absolute atomic E-state index is 0.186. The molecule has 14 heavy (non-hydrogen) atoms. The van der Waals surface area contributed by atoms with E-state index in [2.05, 4.69) is 15.6 Å². The van der Waals surface area contributed by atoms with Crippen LogP contribution in [0.3, 0.4) is 0 Å². The van der Waals surface area contributed by atoms with Gasteiger partial charge in [0.2, 0.25) is 5.88 Å². The number of rotatable bonds is 2. The third-order valence-corrected chi connectivity index (χ3v) is 1.94. The molecule has 1 aromatic heterocycles. The van der Waals surface area contributed by atoms with E-state index in [4.69, 9.17) is 4.74 Å². The van der Waals surface area contributed by atoms with Gasteiger partial charge in [0.1, 0.15) is 0 Å². The Balaban J connectivity index is 1.82. The number of ether oxygens (including phenoxy) is 1. The van der Waals surface area contributed by atoms with Crippen LogP contribution in [-0.4, -0.2) is 30.2 Å². The first-order chi connectivity index (χ1) is 6.84. The second kappa shape index (κ2) is 4.06. The second-order valence-electron chi connectivity index (χ2n) is 3.06. The average molecular weight is 193 g/mol. The average Bonchev–Trinajstić information content (AvgIpc) is 2.13. The topological polar surface area (TPSA) is 63.2 Å². The van der Waals surface area contributed by atoms with Crippen LogP contribution in [-0.2, 0) is 0 Å². The highest BCUT2D eigenvalue weighted by atomic mass is 16.6. The van der Waals surface area contributed by atoms with Gasteiger partial charge in [0.25, 0.3) is 0 Å². The summed E-state index contributed by atoms with van der Waals surface area (Å²) < 4.78 is 4.93. The molecule has 0 bridgehead atoms. The molecular formula is C9H11N3O2. The highest BCUT2D eigenvalue weighted by Crippen LogP contribution is 2.03. The van der Waals surface area contributed by atoms with E-state index in [1.807, 2.05) is 0 Å². The Bertz CT molecular complexity index is 311. The molecular weight excluding hydrogens is 182 g/mol. The van der Waals surface area contributed by atoms with Crippen molar-refractivity contribution in [1.29, 1.82) is 0 Å². The van der Waals surface area contributed by atoms with Crippen LogP contribution < -0.4 is 15.4 Å². The van der Waals surface area contributed by atoms with Crippen LogP contribution in [0.5, 0.6) is 5.88 Å². The molecule has 0 saturated carbocycles. The number of nitrogens with zero attached hydrogens (tertiary/aromatic N) is 1. The number of carbonyl (C=O) groups is 1. The molecule has 2 N–H and O–H groups in total. The quantitative estimate of drug-likeness (QED) is 0.701. The van der Waals surface area contributed by atoms with Crippen molar-refractivity contribution in [3.05, 3.63) is 24.4 Å². The predicted molar refractivity (Wildman–Crippen MR) is 50.1 cm³/mol. The zero-order valence-electron chi connectivity index (χ0n) is 7.56. The molecule has 1 saturated heterocycles. The predicted octanol–water partition coefficient (Wildman–Crippen LogP) is 0.142. The summed E-state index contributed by atoms with van der Waals surface area (Å²) in [6.45, 7) is 1.61. The largest absolute Gasteiger partial charge is 0.414 e. The lowest BCUT2D eigenvalue weighted by Gasteiger charge is -2.27. The van der Waals surface area contributed by atoms with Gasteiger partial charge in [0.05, 0.1) is 6.04 Å². The van der Waals surface area contributed by atoms with Gasteiger partial charge >= 0.3 is 6.09 Å². The molecule has 0 aliphatic carbocycles. The van der Waals surface area contributed by atoms with E-state index < -0.39 is 6.09 Å². The fraction of sp³-hybridized carbons (Fsp3) is 0.333. The molecule has 1 aliphatic heterocycles. The number of hydrogen-bond acceptors (Lipinski definition) is 4. The summed E-state index contributed by atoms with van der Waals surface area (Å²) in [5.74, 6) is 0.317. The molecule has 0 spiro atoms. The minimum Gasteiger partial charge on any atom is -0.391 e. The second-order valence-corrected chi connectivity index (χ2v) is 3.06. The van der Waals surface area contributed by atoms with Gasteiger partial charge < -0.3 is 15.4 Å². The summed E-state index contributed by atoms with van der Waals surface area (Å²) in [6, 6.07) is 5.35. The molecule has 0 radical (unpaired) electrons. The van der Waals surface area contributed by atoms with Crippen molar-refractivity contribution in [2.75, 3.05) is 13.1 Å². The van der Waals surface area contributed by atoms with Crippen LogP contribution in [0.1, 0.15) is 0 Å². The van der Waals surface area contributed by atoms with Gasteiger partial charge in [-0.25, -0.2) is 9.78 Å². The van der Waals surface area contributed by atoms with E-state index in [1.54, 1.807) is 24.4 Å². The van der Waals surface area contributed by atoms with E-state index in [0.29, 0.717) is 5.88 Å². The van der Waals surface area contributed by atoms with Crippen molar-refractivity contribution in [2.24, 2.45) is 0 Å². The lowest BCUT2D eigenvalue weighted by atomic mass is 10.2. The Labute approximate surface area is 81.5 Å². The Morgan fingerprint density at radius 1 is 1.57 bits per heavy atom. The van der Waals surface area contributed by atoms with Gasteiger partial charge in [-0.05, 0) is 6.07 Å². The zero-order chi connectivity index (χ0) is 9.80. The molecule has 2 heterocycles. The van der Waals surface area contributed by atoms with Crippen molar-refractivity contribution < 1.29 is 9.53 Å². The summed E-state index contributed by atoms with van der Waals surface area (Å²) in [5, 5.41) is 5.75. The fourth-order valence-corrected chi connectivity index (χ4v) is 1.09. The van der Waals surface area contributed by atoms with E-state index in [0.717, 1.165) is 13.1 Å². The van der Waals surface area contributed by atoms with E-state index in [1.165, 1.54) is 0 Å². The molecule has 0 atom stereocenters. The zero-order valence-corrected chi connectivity index (χ0v) is 7.56. The molecule has 5 heteroatoms. The summed E-state index contributed by atoms with van der Waals surface area (Å²) in [6.07, 6.45) is 1.13. The van der Waals surface area contributed by atoms with Crippen LogP contribution in [0.15, 0.2) is 24.4 Å². The van der Waals surface area contributed by atoms with E-state index in [9.17, 15) is 4.79 Å². The van der Waals surface area contributed by atoms with Gasteiger partial charge in [-0.15, -0.1) is 0 Å². The first-order valence-corrected chi connectivity index (χ1v) is 4.45. The number of hydrogen-bond donors (Lipinski definition) is 2. The first kappa shape index (κ1) is 8.96. The minimum atomic E-state index is -0.449. The summed E-state index contributed by atoms with van der Waals surface area (Å²) in [5.41, 5.74) is 0. The molecule has 1 aliphatic rings. The molecule has 1 aromatic rings. The number of pyridine rings is 1. The number of amides is 1. The SMILES string of the molecule is O=C(NC1CNC1)Oc1ccccn1. The lowest BCUT2D eigenvalue weighted by molar-refractivity contribution is 0.189. The van der Waals surface area contributed by atoms with E-state index in [-0.39, 0.29) is 6.04 Å². The molecule has 1 amide bonds. The van der Waals surface area contributed by atoms with Crippen LogP contribution >= 0.6 is 0 Å².